The number of hydrogen-bond donors (Lipinski definition) is 1. The van der Waals surface area contributed by atoms with E-state index in [1.54, 1.807) is 56.3 Å². The van der Waals surface area contributed by atoms with Crippen LogP contribution in [-0.2, 0) is 26.2 Å². The highest BCUT2D eigenvalue weighted by Crippen LogP contribution is 2.33. The molecule has 1 N–H and O–H groups in total. The first-order valence-corrected chi connectivity index (χ1v) is 15.0. The van der Waals surface area contributed by atoms with Crippen molar-refractivity contribution in [1.82, 2.24) is 10.2 Å². The zero-order valence-electron chi connectivity index (χ0n) is 23.8. The van der Waals surface area contributed by atoms with E-state index in [0.29, 0.717) is 12.4 Å². The van der Waals surface area contributed by atoms with Gasteiger partial charge in [-0.3, -0.25) is 13.9 Å². The number of sulfonamides is 1. The minimum Gasteiger partial charge on any atom is -0.492 e. The molecule has 40 heavy (non-hydrogen) atoms. The highest BCUT2D eigenvalue weighted by Gasteiger charge is 2.34. The van der Waals surface area contributed by atoms with Gasteiger partial charge in [0, 0.05) is 12.6 Å². The first-order valence-electron chi connectivity index (χ1n) is 13.5. The maximum atomic E-state index is 14.1. The number of amides is 2. The molecule has 0 radical (unpaired) electrons. The van der Waals surface area contributed by atoms with Crippen molar-refractivity contribution in [1.29, 1.82) is 0 Å². The lowest BCUT2D eigenvalue weighted by molar-refractivity contribution is -0.139. The predicted octanol–water partition coefficient (Wildman–Crippen LogP) is 4.92. The second kappa shape index (κ2) is 14.0. The van der Waals surface area contributed by atoms with Crippen molar-refractivity contribution in [3.05, 3.63) is 90.0 Å². The first kappa shape index (κ1) is 30.7. The number of para-hydroxylation sites is 2. The molecular weight excluding hydrogens is 526 g/mol. The third kappa shape index (κ3) is 7.41. The van der Waals surface area contributed by atoms with Gasteiger partial charge < -0.3 is 15.0 Å². The summed E-state index contributed by atoms with van der Waals surface area (Å²) in [5.74, 6) is -0.477. The minimum atomic E-state index is -4.17. The molecule has 0 bridgehead atoms. The molecule has 0 saturated carbocycles. The van der Waals surface area contributed by atoms with Crippen molar-refractivity contribution >= 4 is 27.5 Å². The number of ether oxygens (including phenoxy) is 1. The van der Waals surface area contributed by atoms with Gasteiger partial charge in [0.2, 0.25) is 11.8 Å². The van der Waals surface area contributed by atoms with Crippen molar-refractivity contribution in [3.8, 4) is 5.75 Å². The fourth-order valence-electron chi connectivity index (χ4n) is 4.19. The molecule has 9 heteroatoms. The fourth-order valence-corrected chi connectivity index (χ4v) is 5.64. The molecule has 0 heterocycles. The van der Waals surface area contributed by atoms with Gasteiger partial charge >= 0.3 is 0 Å². The monoisotopic (exact) mass is 565 g/mol. The molecule has 0 aliphatic rings. The van der Waals surface area contributed by atoms with E-state index in [9.17, 15) is 18.0 Å². The number of carbonyl (C=O) groups is 2. The SMILES string of the molecule is CCOc1ccccc1N(CC(=O)N(Cc1ccccc1C)[C@@H](C)C(=O)N[C@H](C)CC)S(=O)(=O)c1ccccc1. The summed E-state index contributed by atoms with van der Waals surface area (Å²) in [4.78, 5) is 28.8. The van der Waals surface area contributed by atoms with E-state index in [1.807, 2.05) is 45.0 Å². The van der Waals surface area contributed by atoms with Gasteiger partial charge in [-0.25, -0.2) is 8.42 Å². The van der Waals surface area contributed by atoms with Crippen LogP contribution in [0.4, 0.5) is 5.69 Å². The highest BCUT2D eigenvalue weighted by molar-refractivity contribution is 7.92. The van der Waals surface area contributed by atoms with Gasteiger partial charge in [-0.15, -0.1) is 0 Å². The van der Waals surface area contributed by atoms with Crippen LogP contribution in [0.3, 0.4) is 0 Å². The Hall–Kier alpha value is -3.85. The van der Waals surface area contributed by atoms with Crippen molar-refractivity contribution in [3.63, 3.8) is 0 Å². The summed E-state index contributed by atoms with van der Waals surface area (Å²) in [5.41, 5.74) is 2.07. The van der Waals surface area contributed by atoms with Gasteiger partial charge in [-0.05, 0) is 69.5 Å². The number of nitrogens with zero attached hydrogens (tertiary/aromatic N) is 2. The summed E-state index contributed by atoms with van der Waals surface area (Å²) < 4.78 is 34.8. The van der Waals surface area contributed by atoms with Crippen LogP contribution in [0.25, 0.3) is 0 Å². The molecule has 0 aliphatic heterocycles. The summed E-state index contributed by atoms with van der Waals surface area (Å²) in [7, 11) is -4.17. The molecule has 2 amide bonds. The van der Waals surface area contributed by atoms with Gasteiger partial charge in [-0.1, -0.05) is 61.5 Å². The first-order chi connectivity index (χ1) is 19.1. The smallest absolute Gasteiger partial charge is 0.264 e. The van der Waals surface area contributed by atoms with Crippen LogP contribution in [0.1, 0.15) is 45.2 Å². The Morgan fingerprint density at radius 1 is 0.900 bits per heavy atom. The van der Waals surface area contributed by atoms with Crippen LogP contribution in [0, 0.1) is 6.92 Å². The summed E-state index contributed by atoms with van der Waals surface area (Å²) in [6, 6.07) is 21.4. The third-order valence-corrected chi connectivity index (χ3v) is 8.59. The lowest BCUT2D eigenvalue weighted by atomic mass is 10.1. The molecule has 0 unspecified atom stereocenters. The predicted molar refractivity (Wildman–Crippen MR) is 158 cm³/mol. The van der Waals surface area contributed by atoms with Gasteiger partial charge in [-0.2, -0.15) is 0 Å². The Labute approximate surface area is 238 Å². The van der Waals surface area contributed by atoms with Crippen LogP contribution >= 0.6 is 0 Å². The fraction of sp³-hybridized carbons (Fsp3) is 0.355. The van der Waals surface area contributed by atoms with E-state index >= 15 is 0 Å². The Kier molecular flexibility index (Phi) is 10.7. The second-order valence-corrected chi connectivity index (χ2v) is 11.5. The Bertz CT molecular complexity index is 1390. The van der Waals surface area contributed by atoms with E-state index in [1.165, 1.54) is 17.0 Å². The molecule has 3 aromatic rings. The zero-order valence-corrected chi connectivity index (χ0v) is 24.6. The molecule has 3 aromatic carbocycles. The molecule has 214 valence electrons. The minimum absolute atomic E-state index is 0.0436. The molecule has 0 saturated heterocycles. The van der Waals surface area contributed by atoms with E-state index in [-0.39, 0.29) is 29.1 Å². The van der Waals surface area contributed by atoms with Gasteiger partial charge in [0.15, 0.2) is 0 Å². The number of benzene rings is 3. The summed E-state index contributed by atoms with van der Waals surface area (Å²) in [6.45, 7) is 9.21. The largest absolute Gasteiger partial charge is 0.492 e. The maximum absolute atomic E-state index is 14.1. The average Bonchev–Trinajstić information content (AvgIpc) is 2.96. The number of carbonyl (C=O) groups excluding carboxylic acids is 2. The lowest BCUT2D eigenvalue weighted by Gasteiger charge is -2.33. The zero-order chi connectivity index (χ0) is 29.3. The van der Waals surface area contributed by atoms with Gasteiger partial charge in [0.25, 0.3) is 10.0 Å². The van der Waals surface area contributed by atoms with E-state index in [2.05, 4.69) is 5.32 Å². The quantitative estimate of drug-likeness (QED) is 0.317. The lowest BCUT2D eigenvalue weighted by Crippen LogP contribution is -2.52. The van der Waals surface area contributed by atoms with Crippen LogP contribution in [0.2, 0.25) is 0 Å². The van der Waals surface area contributed by atoms with E-state index < -0.39 is 28.5 Å². The Balaban J connectivity index is 2.07. The molecule has 8 nitrogen and oxygen atoms in total. The van der Waals surface area contributed by atoms with Crippen LogP contribution in [-0.4, -0.2) is 50.4 Å². The number of hydrogen-bond acceptors (Lipinski definition) is 5. The van der Waals surface area contributed by atoms with Crippen molar-refractivity contribution in [2.24, 2.45) is 0 Å². The number of anilines is 1. The van der Waals surface area contributed by atoms with Crippen LogP contribution < -0.4 is 14.4 Å². The van der Waals surface area contributed by atoms with Gasteiger partial charge in [0.05, 0.1) is 17.2 Å². The second-order valence-electron chi connectivity index (χ2n) is 9.67. The molecule has 3 rings (SSSR count). The van der Waals surface area contributed by atoms with Crippen LogP contribution in [0.5, 0.6) is 5.75 Å². The van der Waals surface area contributed by atoms with Crippen LogP contribution in [0.15, 0.2) is 83.8 Å². The van der Waals surface area contributed by atoms with E-state index in [0.717, 1.165) is 21.9 Å². The van der Waals surface area contributed by atoms with Crippen molar-refractivity contribution in [2.45, 2.75) is 64.6 Å². The molecule has 0 fully saturated rings. The normalized spacial score (nSPS) is 12.7. The third-order valence-electron chi connectivity index (χ3n) is 6.81. The molecule has 0 spiro atoms. The molecule has 0 aromatic heterocycles. The molecular formula is C31H39N3O5S. The van der Waals surface area contributed by atoms with Crippen molar-refractivity contribution < 1.29 is 22.7 Å². The van der Waals surface area contributed by atoms with E-state index in [4.69, 9.17) is 4.74 Å². The van der Waals surface area contributed by atoms with Gasteiger partial charge in [0.1, 0.15) is 18.3 Å². The number of nitrogens with one attached hydrogen (secondary N) is 1. The topological polar surface area (TPSA) is 96.0 Å². The summed E-state index contributed by atoms with van der Waals surface area (Å²) in [6.07, 6.45) is 0.738. The summed E-state index contributed by atoms with van der Waals surface area (Å²) >= 11 is 0. The number of rotatable bonds is 13. The average molecular weight is 566 g/mol. The summed E-state index contributed by atoms with van der Waals surface area (Å²) in [5, 5.41) is 2.95. The van der Waals surface area contributed by atoms with Crippen molar-refractivity contribution in [2.75, 3.05) is 17.5 Å². The molecule has 2 atom stereocenters. The molecule has 0 aliphatic carbocycles. The highest BCUT2D eigenvalue weighted by atomic mass is 32.2. The number of aryl methyl sites for hydroxylation is 1. The Morgan fingerprint density at radius 2 is 1.52 bits per heavy atom. The Morgan fingerprint density at radius 3 is 2.17 bits per heavy atom. The maximum Gasteiger partial charge on any atom is 0.264 e. The standard InChI is InChI=1S/C31H39N3O5S/c1-6-24(4)32-31(36)25(5)33(21-26-16-12-11-15-23(26)3)30(35)22-34(28-19-13-14-20-29(28)39-7-2)40(37,38)27-17-9-8-10-18-27/h8-20,24-25H,6-7,21-22H2,1-5H3,(H,32,36)/t24-,25+/m1/s1.